The van der Waals surface area contributed by atoms with Gasteiger partial charge in [-0.2, -0.15) is 0 Å². The summed E-state index contributed by atoms with van der Waals surface area (Å²) >= 11 is 5.69. The summed E-state index contributed by atoms with van der Waals surface area (Å²) in [6.45, 7) is 0.383. The highest BCUT2D eigenvalue weighted by atomic mass is 35.5. The fourth-order valence-corrected chi connectivity index (χ4v) is 1.20. The van der Waals surface area contributed by atoms with Gasteiger partial charge in [0.2, 0.25) is 0 Å². The fourth-order valence-electron chi connectivity index (χ4n) is 1.05. The van der Waals surface area contributed by atoms with Gasteiger partial charge in [0, 0.05) is 6.07 Å². The van der Waals surface area contributed by atoms with Crippen molar-refractivity contribution < 1.29 is 4.42 Å². The molecule has 0 aliphatic heterocycles. The van der Waals surface area contributed by atoms with Crippen molar-refractivity contribution in [3.8, 4) is 0 Å². The second kappa shape index (κ2) is 5.41. The summed E-state index contributed by atoms with van der Waals surface area (Å²) in [5.74, 6) is 0.722. The highest BCUT2D eigenvalue weighted by Crippen LogP contribution is 2.18. The van der Waals surface area contributed by atoms with Gasteiger partial charge in [-0.05, 0) is 12.1 Å². The summed E-state index contributed by atoms with van der Waals surface area (Å²) in [4.78, 5) is 4.06. The number of halogens is 3. The van der Waals surface area contributed by atoms with Crippen LogP contribution in [0.25, 0.3) is 11.1 Å². The fraction of sp³-hybridized carbons (Fsp3) is 0.125. The van der Waals surface area contributed by atoms with Crippen LogP contribution in [0.4, 0.5) is 0 Å². The Hall–Kier alpha value is -0.480. The molecule has 2 heterocycles. The zero-order valence-corrected chi connectivity index (χ0v) is 9.46. The summed E-state index contributed by atoms with van der Waals surface area (Å²) in [5.41, 5.74) is 6.87. The molecule has 2 aromatic rings. The normalized spacial score (nSPS) is 9.29. The molecule has 0 saturated carbocycles. The van der Waals surface area contributed by atoms with E-state index in [-0.39, 0.29) is 24.8 Å². The SMILES string of the molecule is Cl.Cl.NCc1cc2nc(Cl)ccc2o1. The molecule has 0 aliphatic carbocycles. The number of nitrogens with two attached hydrogens (primary N) is 1. The molecule has 0 fully saturated rings. The third-order valence-corrected chi connectivity index (χ3v) is 1.80. The van der Waals surface area contributed by atoms with Crippen LogP contribution in [-0.4, -0.2) is 4.98 Å². The van der Waals surface area contributed by atoms with Gasteiger partial charge in [0.1, 0.15) is 16.4 Å². The van der Waals surface area contributed by atoms with Gasteiger partial charge in [0.15, 0.2) is 5.58 Å². The van der Waals surface area contributed by atoms with E-state index in [0.717, 1.165) is 16.9 Å². The van der Waals surface area contributed by atoms with Crippen LogP contribution < -0.4 is 5.73 Å². The zero-order chi connectivity index (χ0) is 8.55. The van der Waals surface area contributed by atoms with E-state index < -0.39 is 0 Å². The first kappa shape index (κ1) is 13.5. The summed E-state index contributed by atoms with van der Waals surface area (Å²) < 4.78 is 5.33. The number of rotatable bonds is 1. The molecule has 14 heavy (non-hydrogen) atoms. The molecule has 0 saturated heterocycles. The predicted octanol–water partition coefficient (Wildman–Crippen LogP) is 2.78. The van der Waals surface area contributed by atoms with Gasteiger partial charge in [-0.25, -0.2) is 4.98 Å². The smallest absolute Gasteiger partial charge is 0.152 e. The molecule has 0 unspecified atom stereocenters. The van der Waals surface area contributed by atoms with E-state index in [1.807, 2.05) is 0 Å². The average molecular weight is 256 g/mol. The molecule has 0 aromatic carbocycles. The second-order valence-corrected chi connectivity index (χ2v) is 2.82. The van der Waals surface area contributed by atoms with Crippen LogP contribution in [-0.2, 0) is 6.54 Å². The predicted molar refractivity (Wildman–Crippen MR) is 61.4 cm³/mol. The molecule has 0 atom stereocenters. The lowest BCUT2D eigenvalue weighted by Crippen LogP contribution is -1.92. The van der Waals surface area contributed by atoms with E-state index in [9.17, 15) is 0 Å². The number of hydrogen-bond acceptors (Lipinski definition) is 3. The quantitative estimate of drug-likeness (QED) is 0.797. The average Bonchev–Trinajstić information content (AvgIpc) is 2.46. The molecule has 2 N–H and O–H groups in total. The van der Waals surface area contributed by atoms with Gasteiger partial charge in [-0.15, -0.1) is 24.8 Å². The van der Waals surface area contributed by atoms with Crippen molar-refractivity contribution in [2.24, 2.45) is 5.73 Å². The molecule has 0 spiro atoms. The number of fused-ring (bicyclic) bond motifs is 1. The lowest BCUT2D eigenvalue weighted by molar-refractivity contribution is 0.552. The number of hydrogen-bond donors (Lipinski definition) is 1. The largest absolute Gasteiger partial charge is 0.458 e. The Kier molecular flexibility index (Phi) is 5.23. The maximum atomic E-state index is 5.69. The number of furan rings is 1. The maximum Gasteiger partial charge on any atom is 0.152 e. The van der Waals surface area contributed by atoms with Crippen molar-refractivity contribution in [2.75, 3.05) is 0 Å². The Morgan fingerprint density at radius 1 is 1.36 bits per heavy atom. The van der Waals surface area contributed by atoms with Crippen LogP contribution >= 0.6 is 36.4 Å². The molecule has 78 valence electrons. The Morgan fingerprint density at radius 3 is 2.71 bits per heavy atom. The van der Waals surface area contributed by atoms with E-state index >= 15 is 0 Å². The third kappa shape index (κ3) is 2.51. The van der Waals surface area contributed by atoms with Crippen LogP contribution in [0, 0.1) is 0 Å². The Bertz CT molecular complexity index is 416. The summed E-state index contributed by atoms with van der Waals surface area (Å²) in [5, 5.41) is 0.465. The van der Waals surface area contributed by atoms with Crippen molar-refractivity contribution >= 4 is 47.5 Å². The van der Waals surface area contributed by atoms with E-state index in [4.69, 9.17) is 21.8 Å². The molecular formula is C8H9Cl3N2O. The highest BCUT2D eigenvalue weighted by molar-refractivity contribution is 6.29. The molecule has 0 amide bonds. The van der Waals surface area contributed by atoms with Crippen LogP contribution in [0.5, 0.6) is 0 Å². The molecule has 2 aromatic heterocycles. The van der Waals surface area contributed by atoms with Gasteiger partial charge < -0.3 is 10.2 Å². The van der Waals surface area contributed by atoms with Gasteiger partial charge >= 0.3 is 0 Å². The van der Waals surface area contributed by atoms with Crippen molar-refractivity contribution in [2.45, 2.75) is 6.54 Å². The van der Waals surface area contributed by atoms with Crippen LogP contribution in [0.1, 0.15) is 5.76 Å². The topological polar surface area (TPSA) is 52.0 Å². The first-order valence-corrected chi connectivity index (χ1v) is 3.92. The molecule has 0 aliphatic rings. The number of pyridine rings is 1. The molecule has 6 heteroatoms. The summed E-state index contributed by atoms with van der Waals surface area (Å²) in [6.07, 6.45) is 0. The first-order valence-electron chi connectivity index (χ1n) is 3.54. The van der Waals surface area contributed by atoms with Gasteiger partial charge in [0.25, 0.3) is 0 Å². The second-order valence-electron chi connectivity index (χ2n) is 2.43. The van der Waals surface area contributed by atoms with E-state index in [2.05, 4.69) is 4.98 Å². The maximum absolute atomic E-state index is 5.69. The van der Waals surface area contributed by atoms with Crippen molar-refractivity contribution in [3.63, 3.8) is 0 Å². The Balaban J connectivity index is 0.000000845. The van der Waals surface area contributed by atoms with Crippen molar-refractivity contribution in [1.29, 1.82) is 0 Å². The summed E-state index contributed by atoms with van der Waals surface area (Å²) in [6, 6.07) is 5.26. The molecule has 0 radical (unpaired) electrons. The van der Waals surface area contributed by atoms with Gasteiger partial charge in [-0.3, -0.25) is 0 Å². The Morgan fingerprint density at radius 2 is 2.07 bits per heavy atom. The lowest BCUT2D eigenvalue weighted by Gasteiger charge is -1.87. The summed E-state index contributed by atoms with van der Waals surface area (Å²) in [7, 11) is 0. The van der Waals surface area contributed by atoms with Crippen molar-refractivity contribution in [1.82, 2.24) is 4.98 Å². The van der Waals surface area contributed by atoms with Crippen LogP contribution in [0.2, 0.25) is 5.15 Å². The minimum Gasteiger partial charge on any atom is -0.458 e. The highest BCUT2D eigenvalue weighted by Gasteiger charge is 2.02. The molecular weight excluding hydrogens is 246 g/mol. The van der Waals surface area contributed by atoms with Crippen LogP contribution in [0.3, 0.4) is 0 Å². The van der Waals surface area contributed by atoms with Crippen molar-refractivity contribution in [3.05, 3.63) is 29.1 Å². The van der Waals surface area contributed by atoms with Gasteiger partial charge in [-0.1, -0.05) is 11.6 Å². The molecule has 2 rings (SSSR count). The Labute approximate surface area is 98.4 Å². The zero-order valence-electron chi connectivity index (χ0n) is 7.07. The number of nitrogens with zero attached hydrogens (tertiary/aromatic N) is 1. The van der Waals surface area contributed by atoms with E-state index in [1.165, 1.54) is 0 Å². The molecule has 3 nitrogen and oxygen atoms in total. The monoisotopic (exact) mass is 254 g/mol. The van der Waals surface area contributed by atoms with E-state index in [0.29, 0.717) is 11.7 Å². The third-order valence-electron chi connectivity index (χ3n) is 1.59. The first-order chi connectivity index (χ1) is 5.79. The minimum absolute atomic E-state index is 0. The van der Waals surface area contributed by atoms with Crippen LogP contribution in [0.15, 0.2) is 22.6 Å². The van der Waals surface area contributed by atoms with Gasteiger partial charge in [0.05, 0.1) is 6.54 Å². The van der Waals surface area contributed by atoms with E-state index in [1.54, 1.807) is 18.2 Å². The standard InChI is InChI=1S/C8H7ClN2O.2ClH/c9-8-2-1-7-6(11-8)3-5(4-10)12-7;;/h1-3H,4,10H2;2*1H. The number of aromatic nitrogens is 1. The lowest BCUT2D eigenvalue weighted by atomic mass is 10.4. The minimum atomic E-state index is 0. The molecule has 0 bridgehead atoms.